The number of rotatable bonds is 6. The van der Waals surface area contributed by atoms with Gasteiger partial charge in [0.05, 0.1) is 5.69 Å². The Hall–Kier alpha value is -1.34. The summed E-state index contributed by atoms with van der Waals surface area (Å²) in [6, 6.07) is 0. The quantitative estimate of drug-likeness (QED) is 0.591. The zero-order chi connectivity index (χ0) is 16.6. The SMILES string of the molecule is Cc1ncoc1-c1nnc(SCCCN2CCCC3(CC3)C2)n1C. The molecule has 6 nitrogen and oxygen atoms in total. The first-order valence-corrected chi connectivity index (χ1v) is 9.80. The zero-order valence-electron chi connectivity index (χ0n) is 14.5. The molecule has 2 aliphatic rings. The fourth-order valence-electron chi connectivity index (χ4n) is 3.69. The van der Waals surface area contributed by atoms with Crippen molar-refractivity contribution in [3.63, 3.8) is 0 Å². The maximum absolute atomic E-state index is 5.42. The Labute approximate surface area is 147 Å². The average Bonchev–Trinajstić information content (AvgIpc) is 3.00. The molecule has 2 aromatic heterocycles. The summed E-state index contributed by atoms with van der Waals surface area (Å²) in [4.78, 5) is 6.79. The van der Waals surface area contributed by atoms with E-state index in [1.807, 2.05) is 18.5 Å². The van der Waals surface area contributed by atoms with Crippen LogP contribution in [0.2, 0.25) is 0 Å². The van der Waals surface area contributed by atoms with Gasteiger partial charge in [0.2, 0.25) is 5.82 Å². The molecule has 1 saturated carbocycles. The van der Waals surface area contributed by atoms with Gasteiger partial charge in [-0.3, -0.25) is 0 Å². The van der Waals surface area contributed by atoms with E-state index in [2.05, 4.69) is 20.1 Å². The summed E-state index contributed by atoms with van der Waals surface area (Å²) in [5.74, 6) is 2.53. The Morgan fingerprint density at radius 3 is 2.92 bits per heavy atom. The van der Waals surface area contributed by atoms with Gasteiger partial charge in [-0.15, -0.1) is 10.2 Å². The molecular weight excluding hydrogens is 322 g/mol. The third-order valence-electron chi connectivity index (χ3n) is 5.33. The zero-order valence-corrected chi connectivity index (χ0v) is 15.3. The van der Waals surface area contributed by atoms with Crippen LogP contribution in [0.15, 0.2) is 16.0 Å². The molecule has 0 unspecified atom stereocenters. The van der Waals surface area contributed by atoms with E-state index >= 15 is 0 Å². The van der Waals surface area contributed by atoms with E-state index in [0.29, 0.717) is 5.76 Å². The number of piperidine rings is 1. The number of oxazole rings is 1. The van der Waals surface area contributed by atoms with Crippen molar-refractivity contribution < 1.29 is 4.42 Å². The van der Waals surface area contributed by atoms with Crippen molar-refractivity contribution in [3.8, 4) is 11.6 Å². The lowest BCUT2D eigenvalue weighted by Gasteiger charge is -2.32. The fourth-order valence-corrected chi connectivity index (χ4v) is 4.53. The van der Waals surface area contributed by atoms with Gasteiger partial charge in [-0.25, -0.2) is 4.98 Å². The second-order valence-corrected chi connectivity index (χ2v) is 8.28. The summed E-state index contributed by atoms with van der Waals surface area (Å²) in [6.07, 6.45) is 8.42. The summed E-state index contributed by atoms with van der Waals surface area (Å²) < 4.78 is 7.42. The van der Waals surface area contributed by atoms with Crippen LogP contribution in [0.3, 0.4) is 0 Å². The Bertz CT molecular complexity index is 706. The molecule has 0 N–H and O–H groups in total. The number of nitrogens with zero attached hydrogens (tertiary/aromatic N) is 5. The van der Waals surface area contributed by atoms with E-state index in [0.717, 1.165) is 27.8 Å². The molecule has 24 heavy (non-hydrogen) atoms. The van der Waals surface area contributed by atoms with Gasteiger partial charge in [-0.05, 0) is 57.5 Å². The third kappa shape index (κ3) is 3.24. The first-order chi connectivity index (χ1) is 11.7. The van der Waals surface area contributed by atoms with Crippen LogP contribution in [-0.4, -0.2) is 50.0 Å². The predicted octanol–water partition coefficient (Wildman–Crippen LogP) is 3.14. The molecular formula is C17H25N5OS. The minimum absolute atomic E-state index is 0.708. The predicted molar refractivity (Wildman–Crippen MR) is 93.9 cm³/mol. The standard InChI is InChI=1S/C17H25N5OS/c1-13-14(23-12-18-13)15-19-20-16(21(15)2)24-10-4-9-22-8-3-5-17(11-22)6-7-17/h12H,3-11H2,1-2H3. The number of aromatic nitrogens is 4. The molecule has 1 aliphatic heterocycles. The van der Waals surface area contributed by atoms with Crippen LogP contribution in [0, 0.1) is 12.3 Å². The van der Waals surface area contributed by atoms with Crippen molar-refractivity contribution in [3.05, 3.63) is 12.1 Å². The first-order valence-electron chi connectivity index (χ1n) is 8.82. The van der Waals surface area contributed by atoms with Crippen LogP contribution in [-0.2, 0) is 7.05 Å². The van der Waals surface area contributed by atoms with Gasteiger partial charge in [0.1, 0.15) is 0 Å². The van der Waals surface area contributed by atoms with Crippen LogP contribution >= 0.6 is 11.8 Å². The normalized spacial score (nSPS) is 19.9. The summed E-state index contributed by atoms with van der Waals surface area (Å²) in [7, 11) is 1.99. The minimum atomic E-state index is 0.708. The number of thioether (sulfide) groups is 1. The summed E-state index contributed by atoms with van der Waals surface area (Å²) in [5.41, 5.74) is 1.57. The Morgan fingerprint density at radius 1 is 1.29 bits per heavy atom. The topological polar surface area (TPSA) is 60.0 Å². The van der Waals surface area contributed by atoms with Crippen LogP contribution < -0.4 is 0 Å². The minimum Gasteiger partial charge on any atom is -0.440 e. The van der Waals surface area contributed by atoms with Crippen LogP contribution in [0.1, 0.15) is 37.8 Å². The highest BCUT2D eigenvalue weighted by molar-refractivity contribution is 7.99. The number of aryl methyl sites for hydroxylation is 1. The smallest absolute Gasteiger partial charge is 0.202 e. The highest BCUT2D eigenvalue weighted by Crippen LogP contribution is 2.51. The van der Waals surface area contributed by atoms with Gasteiger partial charge < -0.3 is 13.9 Å². The largest absolute Gasteiger partial charge is 0.440 e. The van der Waals surface area contributed by atoms with Crippen LogP contribution in [0.4, 0.5) is 0 Å². The van der Waals surface area contributed by atoms with E-state index < -0.39 is 0 Å². The molecule has 2 aromatic rings. The van der Waals surface area contributed by atoms with Gasteiger partial charge >= 0.3 is 0 Å². The molecule has 0 atom stereocenters. The molecule has 1 spiro atoms. The first kappa shape index (κ1) is 16.1. The molecule has 3 heterocycles. The molecule has 2 fully saturated rings. The van der Waals surface area contributed by atoms with Crippen LogP contribution in [0.25, 0.3) is 11.6 Å². The molecule has 7 heteroatoms. The van der Waals surface area contributed by atoms with E-state index in [4.69, 9.17) is 4.42 Å². The maximum Gasteiger partial charge on any atom is 0.202 e. The third-order valence-corrected chi connectivity index (χ3v) is 6.44. The molecule has 0 amide bonds. The van der Waals surface area contributed by atoms with Crippen molar-refractivity contribution in [1.82, 2.24) is 24.6 Å². The molecule has 0 aromatic carbocycles. The van der Waals surface area contributed by atoms with E-state index in [1.54, 1.807) is 11.8 Å². The lowest BCUT2D eigenvalue weighted by atomic mass is 9.95. The van der Waals surface area contributed by atoms with E-state index in [-0.39, 0.29) is 0 Å². The van der Waals surface area contributed by atoms with Crippen molar-refractivity contribution in [1.29, 1.82) is 0 Å². The molecule has 1 aliphatic carbocycles. The van der Waals surface area contributed by atoms with Crippen LogP contribution in [0.5, 0.6) is 0 Å². The average molecular weight is 347 g/mol. The van der Waals surface area contributed by atoms with E-state index in [1.165, 1.54) is 58.1 Å². The molecule has 0 bridgehead atoms. The van der Waals surface area contributed by atoms with Gasteiger partial charge in [0, 0.05) is 19.3 Å². The van der Waals surface area contributed by atoms with Crippen molar-refractivity contribution in [2.75, 3.05) is 25.4 Å². The van der Waals surface area contributed by atoms with Gasteiger partial charge in [0.25, 0.3) is 0 Å². The highest BCUT2D eigenvalue weighted by Gasteiger charge is 2.44. The summed E-state index contributed by atoms with van der Waals surface area (Å²) in [6.45, 7) is 5.74. The number of likely N-dealkylation sites (tertiary alicyclic amines) is 1. The van der Waals surface area contributed by atoms with E-state index in [9.17, 15) is 0 Å². The second-order valence-electron chi connectivity index (χ2n) is 7.21. The number of hydrogen-bond acceptors (Lipinski definition) is 6. The molecule has 0 radical (unpaired) electrons. The Balaban J connectivity index is 1.27. The summed E-state index contributed by atoms with van der Waals surface area (Å²) in [5, 5.41) is 9.51. The fraction of sp³-hybridized carbons (Fsp3) is 0.706. The molecule has 130 valence electrons. The lowest BCUT2D eigenvalue weighted by molar-refractivity contribution is 0.162. The second kappa shape index (κ2) is 6.52. The van der Waals surface area contributed by atoms with Gasteiger partial charge in [-0.1, -0.05) is 11.8 Å². The highest BCUT2D eigenvalue weighted by atomic mass is 32.2. The van der Waals surface area contributed by atoms with Crippen molar-refractivity contribution in [2.45, 2.75) is 44.2 Å². The Kier molecular flexibility index (Phi) is 4.39. The monoisotopic (exact) mass is 347 g/mol. The Morgan fingerprint density at radius 2 is 2.17 bits per heavy atom. The van der Waals surface area contributed by atoms with Gasteiger partial charge in [-0.2, -0.15) is 0 Å². The van der Waals surface area contributed by atoms with Crippen molar-refractivity contribution >= 4 is 11.8 Å². The molecule has 4 rings (SSSR count). The lowest BCUT2D eigenvalue weighted by Crippen LogP contribution is -2.37. The summed E-state index contributed by atoms with van der Waals surface area (Å²) >= 11 is 1.78. The maximum atomic E-state index is 5.42. The molecule has 1 saturated heterocycles. The number of hydrogen-bond donors (Lipinski definition) is 0. The van der Waals surface area contributed by atoms with Crippen molar-refractivity contribution in [2.24, 2.45) is 12.5 Å². The van der Waals surface area contributed by atoms with Gasteiger partial charge in [0.15, 0.2) is 17.3 Å².